The predicted octanol–water partition coefficient (Wildman–Crippen LogP) is 4.72. The van der Waals surface area contributed by atoms with Crippen LogP contribution in [0.4, 0.5) is 10.1 Å². The van der Waals surface area contributed by atoms with Crippen LogP contribution in [0.1, 0.15) is 38.7 Å². The van der Waals surface area contributed by atoms with E-state index in [1.165, 1.54) is 18.2 Å². The average molecular weight is 596 g/mol. The van der Waals surface area contributed by atoms with E-state index in [1.54, 1.807) is 24.2 Å². The largest absolute Gasteiger partial charge is 0.497 e. The number of benzene rings is 2. The molecule has 6 rings (SSSR count). The van der Waals surface area contributed by atoms with Gasteiger partial charge in [-0.3, -0.25) is 14.4 Å². The van der Waals surface area contributed by atoms with Crippen LogP contribution in [0.25, 0.3) is 0 Å². The van der Waals surface area contributed by atoms with Gasteiger partial charge in [-0.2, -0.15) is 0 Å². The molecule has 3 aliphatic heterocycles. The molecule has 2 aromatic rings. The number of anilines is 1. The molecule has 10 heteroatoms. The van der Waals surface area contributed by atoms with Crippen molar-refractivity contribution in [2.24, 2.45) is 23.7 Å². The van der Waals surface area contributed by atoms with E-state index in [0.29, 0.717) is 17.4 Å². The smallest absolute Gasteiger partial charge is 0.246 e. The molecular formula is C32H35ClFN3O5. The third-order valence-electron chi connectivity index (χ3n) is 9.63. The summed E-state index contributed by atoms with van der Waals surface area (Å²) < 4.78 is 25.5. The molecule has 222 valence electrons. The van der Waals surface area contributed by atoms with Crippen LogP contribution < -0.4 is 15.4 Å². The Morgan fingerprint density at radius 1 is 1.17 bits per heavy atom. The first-order valence-corrected chi connectivity index (χ1v) is 14.9. The van der Waals surface area contributed by atoms with Gasteiger partial charge in [0.25, 0.3) is 0 Å². The van der Waals surface area contributed by atoms with E-state index < -0.39 is 41.3 Å². The number of likely N-dealkylation sites (tertiary alicyclic amines) is 1. The van der Waals surface area contributed by atoms with E-state index in [9.17, 15) is 18.8 Å². The normalized spacial score (nSPS) is 33.0. The number of halogens is 2. The van der Waals surface area contributed by atoms with Crippen molar-refractivity contribution in [3.8, 4) is 5.75 Å². The lowest BCUT2D eigenvalue weighted by molar-refractivity contribution is -0.142. The molecule has 2 bridgehead atoms. The van der Waals surface area contributed by atoms with Gasteiger partial charge in [0.15, 0.2) is 0 Å². The lowest BCUT2D eigenvalue weighted by atomic mass is 9.73. The second-order valence-electron chi connectivity index (χ2n) is 12.0. The van der Waals surface area contributed by atoms with Crippen molar-refractivity contribution in [2.75, 3.05) is 12.4 Å². The van der Waals surface area contributed by atoms with E-state index >= 15 is 0 Å². The van der Waals surface area contributed by atoms with E-state index in [0.717, 1.165) is 24.8 Å². The maximum absolute atomic E-state index is 14.3. The number of nitrogens with one attached hydrogen (secondary N) is 2. The molecule has 4 aliphatic rings. The average Bonchev–Trinajstić information content (AvgIpc) is 3.61. The Bertz CT molecular complexity index is 1450. The van der Waals surface area contributed by atoms with Gasteiger partial charge in [0, 0.05) is 18.3 Å². The third-order valence-corrected chi connectivity index (χ3v) is 9.92. The second-order valence-corrected chi connectivity index (χ2v) is 12.4. The molecule has 3 heterocycles. The van der Waals surface area contributed by atoms with Crippen molar-refractivity contribution in [1.82, 2.24) is 10.2 Å². The molecule has 1 saturated carbocycles. The molecule has 0 unspecified atom stereocenters. The van der Waals surface area contributed by atoms with E-state index in [-0.39, 0.29) is 35.3 Å². The molecule has 1 aliphatic carbocycles. The Morgan fingerprint density at radius 3 is 2.74 bits per heavy atom. The standard InChI is InChI=1S/C32H35ClFN3O5/c1-17-6-4-9-24(18(17)2)36-30(39)28-32-13-12-25(42-32)26(29(38)35-20-10-11-23(34)22(33)15-20)27(32)31(40)37(28)16-19-7-5-8-21(14-19)41-3/h5,7-8,10-15,17-18,24-28H,4,6,9,16H2,1-3H3,(H,35,38)(H,36,39)/t17-,18-,24+,25-,26+,27-,28-,32-/m0/s1. The highest BCUT2D eigenvalue weighted by molar-refractivity contribution is 6.31. The van der Waals surface area contributed by atoms with Crippen LogP contribution in [0, 0.1) is 29.5 Å². The third kappa shape index (κ3) is 4.76. The summed E-state index contributed by atoms with van der Waals surface area (Å²) in [6, 6.07) is 10.3. The van der Waals surface area contributed by atoms with Crippen LogP contribution in [0.2, 0.25) is 5.02 Å². The highest BCUT2D eigenvalue weighted by atomic mass is 35.5. The number of rotatable bonds is 7. The van der Waals surface area contributed by atoms with Crippen LogP contribution >= 0.6 is 11.6 Å². The molecule has 8 nitrogen and oxygen atoms in total. The Hall–Kier alpha value is -3.43. The van der Waals surface area contributed by atoms with Gasteiger partial charge in [-0.05, 0) is 54.2 Å². The quantitative estimate of drug-likeness (QED) is 0.452. The zero-order chi connectivity index (χ0) is 29.8. The van der Waals surface area contributed by atoms with Crippen molar-refractivity contribution in [1.29, 1.82) is 0 Å². The van der Waals surface area contributed by atoms with E-state index in [1.807, 2.05) is 24.3 Å². The summed E-state index contributed by atoms with van der Waals surface area (Å²) in [5, 5.41) is 5.91. The zero-order valence-corrected chi connectivity index (χ0v) is 24.6. The first-order chi connectivity index (χ1) is 20.1. The van der Waals surface area contributed by atoms with Crippen molar-refractivity contribution < 1.29 is 28.2 Å². The number of ether oxygens (including phenoxy) is 2. The summed E-state index contributed by atoms with van der Waals surface area (Å²) in [5.41, 5.74) is -0.200. The van der Waals surface area contributed by atoms with Gasteiger partial charge in [-0.25, -0.2) is 4.39 Å². The molecule has 0 aromatic heterocycles. The topological polar surface area (TPSA) is 97.0 Å². The van der Waals surface area contributed by atoms with Gasteiger partial charge in [0.05, 0.1) is 30.1 Å². The summed E-state index contributed by atoms with van der Waals surface area (Å²) in [6.07, 6.45) is 5.89. The fourth-order valence-corrected chi connectivity index (χ4v) is 7.43. The van der Waals surface area contributed by atoms with Gasteiger partial charge in [-0.1, -0.05) is 62.6 Å². The highest BCUT2D eigenvalue weighted by Crippen LogP contribution is 2.55. The number of methoxy groups -OCH3 is 1. The molecule has 0 radical (unpaired) electrons. The van der Waals surface area contributed by atoms with E-state index in [2.05, 4.69) is 24.5 Å². The first kappa shape index (κ1) is 28.7. The number of nitrogens with zero attached hydrogens (tertiary/aromatic N) is 1. The maximum atomic E-state index is 14.3. The monoisotopic (exact) mass is 595 g/mol. The van der Waals surface area contributed by atoms with Gasteiger partial charge in [-0.15, -0.1) is 0 Å². The van der Waals surface area contributed by atoms with Crippen molar-refractivity contribution in [3.05, 3.63) is 71.0 Å². The van der Waals surface area contributed by atoms with Crippen LogP contribution in [0.15, 0.2) is 54.6 Å². The lowest BCUT2D eigenvalue weighted by Crippen LogP contribution is -2.57. The summed E-state index contributed by atoms with van der Waals surface area (Å²) in [7, 11) is 1.57. The number of hydrogen-bond acceptors (Lipinski definition) is 5. The molecule has 2 saturated heterocycles. The van der Waals surface area contributed by atoms with Crippen molar-refractivity contribution in [3.63, 3.8) is 0 Å². The molecule has 3 fully saturated rings. The minimum absolute atomic E-state index is 0.0182. The Balaban J connectivity index is 1.33. The molecule has 2 N–H and O–H groups in total. The van der Waals surface area contributed by atoms with Gasteiger partial charge in [0.2, 0.25) is 17.7 Å². The minimum atomic E-state index is -1.29. The number of amides is 3. The molecule has 42 heavy (non-hydrogen) atoms. The minimum Gasteiger partial charge on any atom is -0.497 e. The van der Waals surface area contributed by atoms with Crippen molar-refractivity contribution in [2.45, 2.75) is 63.4 Å². The Labute approximate surface area is 249 Å². The number of hydrogen-bond donors (Lipinski definition) is 2. The molecule has 2 aromatic carbocycles. The summed E-state index contributed by atoms with van der Waals surface area (Å²) in [6.45, 7) is 4.50. The molecule has 8 atom stereocenters. The van der Waals surface area contributed by atoms with Gasteiger partial charge in [0.1, 0.15) is 23.2 Å². The number of fused-ring (bicyclic) bond motifs is 1. The number of carbonyl (C=O) groups excluding carboxylic acids is 3. The summed E-state index contributed by atoms with van der Waals surface area (Å²) in [4.78, 5) is 43.7. The zero-order valence-electron chi connectivity index (χ0n) is 23.8. The first-order valence-electron chi connectivity index (χ1n) is 14.5. The summed E-state index contributed by atoms with van der Waals surface area (Å²) in [5.74, 6) is -2.06. The Morgan fingerprint density at radius 2 is 1.98 bits per heavy atom. The Kier molecular flexibility index (Phi) is 7.51. The lowest BCUT2D eigenvalue weighted by Gasteiger charge is -2.38. The molecule has 3 amide bonds. The highest BCUT2D eigenvalue weighted by Gasteiger charge is 2.72. The van der Waals surface area contributed by atoms with Crippen LogP contribution in [0.5, 0.6) is 5.75 Å². The van der Waals surface area contributed by atoms with Crippen LogP contribution in [-0.4, -0.2) is 53.5 Å². The second kappa shape index (κ2) is 11.0. The van der Waals surface area contributed by atoms with Crippen LogP contribution in [0.3, 0.4) is 0 Å². The summed E-state index contributed by atoms with van der Waals surface area (Å²) >= 11 is 5.93. The number of carbonyl (C=O) groups is 3. The predicted molar refractivity (Wildman–Crippen MR) is 155 cm³/mol. The molecular weight excluding hydrogens is 561 g/mol. The molecule has 1 spiro atoms. The van der Waals surface area contributed by atoms with Gasteiger partial charge >= 0.3 is 0 Å². The maximum Gasteiger partial charge on any atom is 0.246 e. The fourth-order valence-electron chi connectivity index (χ4n) is 7.25. The SMILES string of the molecule is COc1cccc(CN2C(=O)[C@@H]3[C@H](C(=O)Nc4ccc(F)c(Cl)c4)[C@@H]4C=C[C@@]3(O4)[C@@H]2C(=O)N[C@@H]2CCC[C@H](C)[C@@H]2C)c1. The van der Waals surface area contributed by atoms with Gasteiger partial charge < -0.3 is 25.0 Å². The van der Waals surface area contributed by atoms with Crippen LogP contribution in [-0.2, 0) is 25.7 Å². The van der Waals surface area contributed by atoms with E-state index in [4.69, 9.17) is 21.1 Å². The van der Waals surface area contributed by atoms with Crippen molar-refractivity contribution >= 4 is 35.0 Å². The fraction of sp³-hybridized carbons (Fsp3) is 0.469.